The van der Waals surface area contributed by atoms with Gasteiger partial charge in [-0.05, 0) is 49.8 Å². The van der Waals surface area contributed by atoms with Gasteiger partial charge in [0.15, 0.2) is 0 Å². The van der Waals surface area contributed by atoms with Crippen molar-refractivity contribution in [1.82, 2.24) is 0 Å². The van der Waals surface area contributed by atoms with E-state index in [9.17, 15) is 18.7 Å². The van der Waals surface area contributed by atoms with E-state index in [0.29, 0.717) is 17.7 Å². The number of anilines is 1. The highest BCUT2D eigenvalue weighted by molar-refractivity contribution is 7.80. The Labute approximate surface area is 171 Å². The summed E-state index contributed by atoms with van der Waals surface area (Å²) < 4.78 is 29.1. The molecular weight excluding hydrogens is 390 g/mol. The number of aryl methyl sites for hydroxylation is 3. The minimum absolute atomic E-state index is 0.207. The summed E-state index contributed by atoms with van der Waals surface area (Å²) in [6.45, 7) is 0. The number of nitrogens with zero attached hydrogens (tertiary/aromatic N) is 1. The molecule has 0 saturated carbocycles. The summed E-state index contributed by atoms with van der Waals surface area (Å²) >= 11 is -2.48. The van der Waals surface area contributed by atoms with Crippen LogP contribution < -0.4 is 4.31 Å². The zero-order chi connectivity index (χ0) is 20.4. The molecule has 2 atom stereocenters. The van der Waals surface area contributed by atoms with Gasteiger partial charge in [0.2, 0.25) is 0 Å². The molecule has 1 heterocycles. The van der Waals surface area contributed by atoms with Crippen molar-refractivity contribution in [3.05, 3.63) is 65.4 Å². The third kappa shape index (κ3) is 4.06. The van der Waals surface area contributed by atoms with Gasteiger partial charge in [-0.2, -0.15) is 0 Å². The summed E-state index contributed by atoms with van der Waals surface area (Å²) in [5.74, 6) is -0.166. The Morgan fingerprint density at radius 3 is 2.62 bits per heavy atom. The molecule has 3 aromatic rings. The Kier molecular flexibility index (Phi) is 5.69. The van der Waals surface area contributed by atoms with E-state index in [2.05, 4.69) is 0 Å². The second-order valence-electron chi connectivity index (χ2n) is 7.33. The van der Waals surface area contributed by atoms with Gasteiger partial charge >= 0.3 is 5.97 Å². The van der Waals surface area contributed by atoms with E-state index in [0.717, 1.165) is 46.7 Å². The number of furan rings is 1. The van der Waals surface area contributed by atoms with Crippen LogP contribution in [0, 0.1) is 0 Å². The Bertz CT molecular complexity index is 1050. The summed E-state index contributed by atoms with van der Waals surface area (Å²) in [5, 5.41) is 10.8. The second kappa shape index (κ2) is 8.39. The first-order valence-electron chi connectivity index (χ1n) is 9.76. The number of rotatable bonds is 7. The molecular formula is C22H23NO5S. The lowest BCUT2D eigenvalue weighted by Gasteiger charge is -2.27. The molecule has 0 bridgehead atoms. The summed E-state index contributed by atoms with van der Waals surface area (Å²) in [5.41, 5.74) is 3.19. The number of carboxylic acid groups (broad SMARTS) is 1. The van der Waals surface area contributed by atoms with Crippen LogP contribution in [0.4, 0.5) is 5.69 Å². The van der Waals surface area contributed by atoms with Crippen LogP contribution in [0.25, 0.3) is 11.0 Å². The standard InChI is InChI=1S/C22H23NO5S/c24-22(25)19(13-10-15-6-2-1-3-7-15)23(29(26)27)16-11-12-18-17-8-4-5-9-20(17)28-21(18)14-16/h1-3,6-7,11-12,14,19H,4-5,8-10,13H2,(H,24,25)(H,26,27). The topological polar surface area (TPSA) is 91.0 Å². The van der Waals surface area contributed by atoms with Crippen molar-refractivity contribution in [2.24, 2.45) is 0 Å². The lowest BCUT2D eigenvalue weighted by atomic mass is 9.96. The molecule has 0 saturated heterocycles. The van der Waals surface area contributed by atoms with Crippen LogP contribution >= 0.6 is 0 Å². The van der Waals surface area contributed by atoms with Crippen molar-refractivity contribution in [2.45, 2.75) is 44.6 Å². The molecule has 4 rings (SSSR count). The Hall–Kier alpha value is -2.64. The van der Waals surface area contributed by atoms with E-state index in [4.69, 9.17) is 4.42 Å². The van der Waals surface area contributed by atoms with Crippen molar-refractivity contribution in [2.75, 3.05) is 4.31 Å². The quantitative estimate of drug-likeness (QED) is 0.562. The van der Waals surface area contributed by atoms with E-state index >= 15 is 0 Å². The molecule has 2 N–H and O–H groups in total. The molecule has 1 aliphatic rings. The maximum atomic E-state index is 12.1. The van der Waals surface area contributed by atoms with Crippen LogP contribution in [0.2, 0.25) is 0 Å². The van der Waals surface area contributed by atoms with E-state index in [1.165, 1.54) is 5.56 Å². The number of hydrogen-bond donors (Lipinski definition) is 2. The average molecular weight is 413 g/mol. The van der Waals surface area contributed by atoms with Crippen molar-refractivity contribution in [3.8, 4) is 0 Å². The van der Waals surface area contributed by atoms with Gasteiger partial charge in [-0.15, -0.1) is 0 Å². The van der Waals surface area contributed by atoms with Crippen molar-refractivity contribution in [1.29, 1.82) is 0 Å². The molecule has 2 unspecified atom stereocenters. The highest BCUT2D eigenvalue weighted by Crippen LogP contribution is 2.35. The highest BCUT2D eigenvalue weighted by atomic mass is 32.2. The van der Waals surface area contributed by atoms with Gasteiger partial charge in [-0.1, -0.05) is 30.3 Å². The molecule has 2 aromatic carbocycles. The maximum Gasteiger partial charge on any atom is 0.327 e. The van der Waals surface area contributed by atoms with E-state index in [1.807, 2.05) is 36.4 Å². The lowest BCUT2D eigenvalue weighted by Crippen LogP contribution is -2.42. The molecule has 0 amide bonds. The average Bonchev–Trinajstić information content (AvgIpc) is 3.09. The Morgan fingerprint density at radius 1 is 1.14 bits per heavy atom. The van der Waals surface area contributed by atoms with Gasteiger partial charge in [-0.25, -0.2) is 9.00 Å². The molecule has 152 valence electrons. The van der Waals surface area contributed by atoms with Crippen LogP contribution in [0.1, 0.15) is 36.1 Å². The van der Waals surface area contributed by atoms with Gasteiger partial charge in [-0.3, -0.25) is 8.86 Å². The van der Waals surface area contributed by atoms with Gasteiger partial charge in [0, 0.05) is 23.4 Å². The normalized spacial score (nSPS) is 15.6. The summed E-state index contributed by atoms with van der Waals surface area (Å²) in [7, 11) is 0. The van der Waals surface area contributed by atoms with Gasteiger partial charge < -0.3 is 9.52 Å². The molecule has 1 aromatic heterocycles. The van der Waals surface area contributed by atoms with Crippen LogP contribution in [0.3, 0.4) is 0 Å². The third-order valence-electron chi connectivity index (χ3n) is 5.48. The predicted molar refractivity (Wildman–Crippen MR) is 112 cm³/mol. The molecule has 0 aliphatic heterocycles. The maximum absolute atomic E-state index is 12.1. The second-order valence-corrected chi connectivity index (χ2v) is 8.18. The summed E-state index contributed by atoms with van der Waals surface area (Å²) in [4.78, 5) is 12.0. The van der Waals surface area contributed by atoms with Crippen LogP contribution in [0.5, 0.6) is 0 Å². The van der Waals surface area contributed by atoms with Crippen LogP contribution in [0.15, 0.2) is 52.9 Å². The number of benzene rings is 2. The first-order chi connectivity index (χ1) is 14.0. The highest BCUT2D eigenvalue weighted by Gasteiger charge is 2.30. The number of fused-ring (bicyclic) bond motifs is 3. The smallest absolute Gasteiger partial charge is 0.327 e. The van der Waals surface area contributed by atoms with E-state index in [1.54, 1.807) is 12.1 Å². The molecule has 0 spiro atoms. The number of hydrogen-bond acceptors (Lipinski definition) is 3. The molecule has 1 aliphatic carbocycles. The van der Waals surface area contributed by atoms with Crippen LogP contribution in [-0.4, -0.2) is 25.9 Å². The Morgan fingerprint density at radius 2 is 1.90 bits per heavy atom. The summed E-state index contributed by atoms with van der Waals surface area (Å²) in [6.07, 6.45) is 4.76. The van der Waals surface area contributed by atoms with Crippen molar-refractivity contribution >= 4 is 33.9 Å². The summed E-state index contributed by atoms with van der Waals surface area (Å²) in [6, 6.07) is 13.6. The number of carboxylic acids is 1. The molecule has 6 nitrogen and oxygen atoms in total. The van der Waals surface area contributed by atoms with E-state index < -0.39 is 23.3 Å². The first kappa shape index (κ1) is 19.7. The van der Waals surface area contributed by atoms with E-state index in [-0.39, 0.29) is 6.42 Å². The number of carbonyl (C=O) groups is 1. The molecule has 0 radical (unpaired) electrons. The fourth-order valence-electron chi connectivity index (χ4n) is 4.06. The monoisotopic (exact) mass is 413 g/mol. The van der Waals surface area contributed by atoms with Crippen molar-refractivity contribution < 1.29 is 23.1 Å². The van der Waals surface area contributed by atoms with Gasteiger partial charge in [0.1, 0.15) is 17.4 Å². The van der Waals surface area contributed by atoms with Crippen LogP contribution in [-0.2, 0) is 35.3 Å². The van der Waals surface area contributed by atoms with Gasteiger partial charge in [0.05, 0.1) is 5.69 Å². The minimum atomic E-state index is -2.48. The zero-order valence-corrected chi connectivity index (χ0v) is 16.7. The number of aliphatic carboxylic acids is 1. The van der Waals surface area contributed by atoms with Gasteiger partial charge in [0.25, 0.3) is 11.3 Å². The van der Waals surface area contributed by atoms with Crippen molar-refractivity contribution in [3.63, 3.8) is 0 Å². The molecule has 0 fully saturated rings. The largest absolute Gasteiger partial charge is 0.480 e. The Balaban J connectivity index is 1.66. The molecule has 29 heavy (non-hydrogen) atoms. The fraction of sp³-hybridized carbons (Fsp3) is 0.318. The predicted octanol–water partition coefficient (Wildman–Crippen LogP) is 4.34. The first-order valence-corrected chi connectivity index (χ1v) is 10.8. The SMILES string of the molecule is O=C(O)C(CCc1ccccc1)N(c1ccc2c3c(oc2c1)CCCC3)S(=O)O. The third-order valence-corrected chi connectivity index (χ3v) is 6.28. The molecule has 7 heteroatoms. The lowest BCUT2D eigenvalue weighted by molar-refractivity contribution is -0.138. The fourth-order valence-corrected chi connectivity index (χ4v) is 4.76. The minimum Gasteiger partial charge on any atom is -0.480 e. The zero-order valence-electron chi connectivity index (χ0n) is 15.9.